The van der Waals surface area contributed by atoms with Gasteiger partial charge in [0.05, 0.1) is 37.1 Å². The van der Waals surface area contributed by atoms with E-state index < -0.39 is 29.2 Å². The summed E-state index contributed by atoms with van der Waals surface area (Å²) in [5, 5.41) is 9.80. The number of halogens is 1. The van der Waals surface area contributed by atoms with Gasteiger partial charge in [0, 0.05) is 36.2 Å². The lowest BCUT2D eigenvalue weighted by Crippen LogP contribution is -2.45. The number of para-hydroxylation sites is 3. The molecule has 0 aromatic heterocycles. The van der Waals surface area contributed by atoms with Gasteiger partial charge >= 0.3 is 0 Å². The summed E-state index contributed by atoms with van der Waals surface area (Å²) in [4.78, 5) is 46.6. The lowest BCUT2D eigenvalue weighted by molar-refractivity contribution is -0.150. The van der Waals surface area contributed by atoms with Gasteiger partial charge in [-0.05, 0) is 55.3 Å². The lowest BCUT2D eigenvalue weighted by Gasteiger charge is -2.33. The Morgan fingerprint density at radius 1 is 0.941 bits per heavy atom. The third kappa shape index (κ3) is 6.16. The summed E-state index contributed by atoms with van der Waals surface area (Å²) in [5.41, 5.74) is 0.959. The van der Waals surface area contributed by atoms with E-state index in [1.54, 1.807) is 14.7 Å². The molecule has 4 atom stereocenters. The van der Waals surface area contributed by atoms with E-state index in [1.165, 1.54) is 13.8 Å². The summed E-state index contributed by atoms with van der Waals surface area (Å²) in [7, 11) is 0. The van der Waals surface area contributed by atoms with Crippen LogP contribution in [0.25, 0.3) is 0 Å². The lowest BCUT2D eigenvalue weighted by atomic mass is 9.71. The highest BCUT2D eigenvalue weighted by Crippen LogP contribution is 2.58. The summed E-state index contributed by atoms with van der Waals surface area (Å²) < 4.78 is 28.7. The molecular weight excluding hydrogens is 649 g/mol. The predicted molar refractivity (Wildman–Crippen MR) is 191 cm³/mol. The molecule has 4 aromatic rings. The van der Waals surface area contributed by atoms with E-state index in [9.17, 15) is 19.5 Å². The summed E-state index contributed by atoms with van der Waals surface area (Å²) in [6.45, 7) is 5.05. The predicted octanol–water partition coefficient (Wildman–Crippen LogP) is 6.30. The van der Waals surface area contributed by atoms with Crippen LogP contribution >= 0.6 is 0 Å². The maximum absolute atomic E-state index is 16.3. The number of carbonyl (C=O) groups excluding carboxylic acids is 3. The molecule has 0 radical (unpaired) electrons. The molecule has 0 saturated carbocycles. The van der Waals surface area contributed by atoms with Gasteiger partial charge < -0.3 is 24.4 Å². The van der Waals surface area contributed by atoms with E-state index in [0.29, 0.717) is 28.4 Å². The number of carbonyl (C=O) groups is 3. The molecule has 264 valence electrons. The molecule has 3 aliphatic heterocycles. The molecule has 3 heterocycles. The van der Waals surface area contributed by atoms with E-state index >= 15 is 4.39 Å². The number of amides is 3. The standard InChI is InChI=1S/C41H42FN3O6/c1-27-38(40(2,3)42)35(23-36(47)43(20-21-46)24-28-12-5-4-6-13-28)51-41(27)31-16-7-8-17-32(31)44(39(41)49)25-29-14-11-15-30(22-29)45-33-18-9-10-19-34(33)50-26-37(45)48/h4-19,22,27,35,38,46H,20-21,23-26H2,1-3H3/t27-,35+,38-,41+/m1/s1. The molecular formula is C41H42FN3O6. The van der Waals surface area contributed by atoms with E-state index in [1.807, 2.05) is 110 Å². The Labute approximate surface area is 297 Å². The number of ether oxygens (including phenoxy) is 2. The first-order valence-corrected chi connectivity index (χ1v) is 17.4. The van der Waals surface area contributed by atoms with Gasteiger partial charge in [0.25, 0.3) is 11.8 Å². The summed E-state index contributed by atoms with van der Waals surface area (Å²) in [5.74, 6) is -1.62. The topological polar surface area (TPSA) is 99.6 Å². The number of nitrogens with zero attached hydrogens (tertiary/aromatic N) is 3. The minimum atomic E-state index is -1.78. The van der Waals surface area contributed by atoms with E-state index in [0.717, 1.165) is 11.1 Å². The van der Waals surface area contributed by atoms with Crippen molar-refractivity contribution >= 4 is 34.8 Å². The molecule has 0 aliphatic carbocycles. The molecule has 1 spiro atoms. The van der Waals surface area contributed by atoms with Crippen LogP contribution in [0.1, 0.15) is 43.9 Å². The van der Waals surface area contributed by atoms with Gasteiger partial charge in [0.1, 0.15) is 11.4 Å². The highest BCUT2D eigenvalue weighted by molar-refractivity contribution is 6.08. The summed E-state index contributed by atoms with van der Waals surface area (Å²) >= 11 is 0. The van der Waals surface area contributed by atoms with Gasteiger partial charge in [0.2, 0.25) is 5.91 Å². The van der Waals surface area contributed by atoms with Crippen molar-refractivity contribution in [2.45, 2.75) is 57.7 Å². The first kappa shape index (κ1) is 34.4. The fraction of sp³-hybridized carbons (Fsp3) is 0.341. The normalized spacial score (nSPS) is 22.6. The molecule has 9 nitrogen and oxygen atoms in total. The zero-order valence-electron chi connectivity index (χ0n) is 29.0. The highest BCUT2D eigenvalue weighted by Gasteiger charge is 2.66. The van der Waals surface area contributed by atoms with Crippen molar-refractivity contribution < 1.29 is 33.4 Å². The largest absolute Gasteiger partial charge is 0.482 e. The van der Waals surface area contributed by atoms with Crippen LogP contribution < -0.4 is 14.5 Å². The van der Waals surface area contributed by atoms with Crippen molar-refractivity contribution in [1.82, 2.24) is 4.90 Å². The number of hydrogen-bond acceptors (Lipinski definition) is 6. The number of hydrogen-bond donors (Lipinski definition) is 1. The Kier molecular flexibility index (Phi) is 9.16. The Hall–Kier alpha value is -5.06. The van der Waals surface area contributed by atoms with Crippen molar-refractivity contribution in [3.63, 3.8) is 0 Å². The molecule has 1 N–H and O–H groups in total. The average molecular weight is 692 g/mol. The molecule has 3 amide bonds. The average Bonchev–Trinajstić information content (AvgIpc) is 3.54. The Balaban J connectivity index is 1.19. The molecule has 4 aromatic carbocycles. The van der Waals surface area contributed by atoms with Gasteiger partial charge in [-0.3, -0.25) is 19.3 Å². The van der Waals surface area contributed by atoms with Crippen molar-refractivity contribution in [1.29, 1.82) is 0 Å². The number of fused-ring (bicyclic) bond motifs is 3. The minimum absolute atomic E-state index is 0.0866. The maximum atomic E-state index is 16.3. The second-order valence-corrected chi connectivity index (χ2v) is 14.1. The van der Waals surface area contributed by atoms with Crippen LogP contribution in [0.4, 0.5) is 21.5 Å². The highest BCUT2D eigenvalue weighted by atomic mass is 19.1. The van der Waals surface area contributed by atoms with Gasteiger partial charge in [-0.1, -0.05) is 79.7 Å². The van der Waals surface area contributed by atoms with E-state index in [2.05, 4.69) is 0 Å². The van der Waals surface area contributed by atoms with Gasteiger partial charge in [-0.2, -0.15) is 0 Å². The number of anilines is 3. The molecule has 7 rings (SSSR count). The third-order valence-corrected chi connectivity index (χ3v) is 10.4. The van der Waals surface area contributed by atoms with E-state index in [4.69, 9.17) is 9.47 Å². The third-order valence-electron chi connectivity index (χ3n) is 10.4. The second kappa shape index (κ2) is 13.6. The Bertz CT molecular complexity index is 1950. The van der Waals surface area contributed by atoms with Crippen LogP contribution in [0.5, 0.6) is 5.75 Å². The van der Waals surface area contributed by atoms with Crippen molar-refractivity contribution in [2.75, 3.05) is 29.6 Å². The Morgan fingerprint density at radius 2 is 1.63 bits per heavy atom. The fourth-order valence-corrected chi connectivity index (χ4v) is 8.24. The van der Waals surface area contributed by atoms with Crippen LogP contribution in [-0.2, 0) is 37.8 Å². The number of rotatable bonds is 10. The molecule has 1 saturated heterocycles. The van der Waals surface area contributed by atoms with Gasteiger partial charge in [-0.15, -0.1) is 0 Å². The maximum Gasteiger partial charge on any atom is 0.269 e. The van der Waals surface area contributed by atoms with Crippen LogP contribution in [0.2, 0.25) is 0 Å². The number of aliphatic hydroxyl groups excluding tert-OH is 1. The first-order valence-electron chi connectivity index (χ1n) is 17.4. The van der Waals surface area contributed by atoms with Crippen LogP contribution in [0.3, 0.4) is 0 Å². The van der Waals surface area contributed by atoms with Crippen LogP contribution in [-0.4, -0.2) is 59.3 Å². The number of benzene rings is 4. The first-order chi connectivity index (χ1) is 24.5. The van der Waals surface area contributed by atoms with Crippen molar-refractivity contribution in [3.8, 4) is 5.75 Å². The zero-order valence-corrected chi connectivity index (χ0v) is 29.0. The van der Waals surface area contributed by atoms with Gasteiger partial charge in [0.15, 0.2) is 12.2 Å². The quantitative estimate of drug-likeness (QED) is 0.210. The molecule has 10 heteroatoms. The second-order valence-electron chi connectivity index (χ2n) is 14.1. The molecule has 1 fully saturated rings. The van der Waals surface area contributed by atoms with Crippen molar-refractivity contribution in [2.24, 2.45) is 11.8 Å². The van der Waals surface area contributed by atoms with Crippen LogP contribution in [0, 0.1) is 11.8 Å². The van der Waals surface area contributed by atoms with E-state index in [-0.39, 0.29) is 57.0 Å². The summed E-state index contributed by atoms with van der Waals surface area (Å²) in [6.07, 6.45) is -1.05. The monoisotopic (exact) mass is 691 g/mol. The number of aliphatic hydroxyl groups is 1. The molecule has 51 heavy (non-hydrogen) atoms. The number of alkyl halides is 1. The summed E-state index contributed by atoms with van der Waals surface area (Å²) in [6, 6.07) is 31.7. The molecule has 3 aliphatic rings. The smallest absolute Gasteiger partial charge is 0.269 e. The van der Waals surface area contributed by atoms with Crippen molar-refractivity contribution in [3.05, 3.63) is 120 Å². The Morgan fingerprint density at radius 3 is 2.37 bits per heavy atom. The van der Waals surface area contributed by atoms with Crippen LogP contribution in [0.15, 0.2) is 103 Å². The fourth-order valence-electron chi connectivity index (χ4n) is 8.24. The minimum Gasteiger partial charge on any atom is -0.482 e. The molecule has 0 bridgehead atoms. The zero-order chi connectivity index (χ0) is 35.9. The van der Waals surface area contributed by atoms with Gasteiger partial charge in [-0.25, -0.2) is 4.39 Å². The molecule has 0 unspecified atom stereocenters. The SMILES string of the molecule is C[C@@H]1[C@@H](C(C)(C)F)[C@H](CC(=O)N(CCO)Cc2ccccc2)O[C@@]12C(=O)N(Cc1cccc(N3C(=O)COc4ccccc43)c1)c1ccccc12.